The maximum absolute atomic E-state index is 3.89. The van der Waals surface area contributed by atoms with Crippen molar-refractivity contribution in [2.24, 2.45) is 5.92 Å². The van der Waals surface area contributed by atoms with Crippen molar-refractivity contribution in [1.29, 1.82) is 0 Å². The molecule has 0 aromatic heterocycles. The van der Waals surface area contributed by atoms with Gasteiger partial charge >= 0.3 is 0 Å². The Hall–Kier alpha value is -0.0800. The molecule has 2 unspecified atom stereocenters. The highest BCUT2D eigenvalue weighted by atomic mass is 15.2. The molecule has 1 N–H and O–H groups in total. The van der Waals surface area contributed by atoms with Crippen LogP contribution in [0.4, 0.5) is 0 Å². The Kier molecular flexibility index (Phi) is 3.72. The van der Waals surface area contributed by atoms with E-state index in [2.05, 4.69) is 17.3 Å². The first-order valence-corrected chi connectivity index (χ1v) is 7.78. The molecular formula is C15H28N2. The fourth-order valence-electron chi connectivity index (χ4n) is 4.33. The first-order chi connectivity index (χ1) is 8.33. The summed E-state index contributed by atoms with van der Waals surface area (Å²) in [6, 6.07) is 2.58. The molecule has 1 aliphatic carbocycles. The summed E-state index contributed by atoms with van der Waals surface area (Å²) >= 11 is 0. The van der Waals surface area contributed by atoms with Crippen molar-refractivity contribution in [3.8, 4) is 0 Å². The first-order valence-electron chi connectivity index (χ1n) is 7.78. The molecule has 0 radical (unpaired) electrons. The third-order valence-corrected chi connectivity index (χ3v) is 5.51. The van der Waals surface area contributed by atoms with Crippen LogP contribution in [-0.2, 0) is 0 Å². The van der Waals surface area contributed by atoms with Crippen molar-refractivity contribution in [2.75, 3.05) is 13.6 Å². The standard InChI is InChI=1S/C15H28N2/c1-17-14-7-4-8-15(17)10-13(9-14)16-11-12-5-2-3-6-12/h12-16H,2-11H2,1H3. The van der Waals surface area contributed by atoms with E-state index in [-0.39, 0.29) is 0 Å². The molecule has 2 nitrogen and oxygen atoms in total. The van der Waals surface area contributed by atoms with E-state index in [1.807, 2.05) is 0 Å². The van der Waals surface area contributed by atoms with Crippen LogP contribution in [0.5, 0.6) is 0 Å². The molecule has 3 rings (SSSR count). The van der Waals surface area contributed by atoms with Gasteiger partial charge in [0.15, 0.2) is 0 Å². The molecule has 0 aromatic rings. The van der Waals surface area contributed by atoms with Gasteiger partial charge in [-0.1, -0.05) is 19.3 Å². The van der Waals surface area contributed by atoms with Gasteiger partial charge in [0.2, 0.25) is 0 Å². The van der Waals surface area contributed by atoms with Crippen LogP contribution in [0.2, 0.25) is 0 Å². The predicted octanol–water partition coefficient (Wildman–Crippen LogP) is 2.78. The third kappa shape index (κ3) is 2.68. The van der Waals surface area contributed by atoms with Crippen molar-refractivity contribution in [2.45, 2.75) is 75.9 Å². The fourth-order valence-corrected chi connectivity index (χ4v) is 4.33. The minimum atomic E-state index is 0.821. The Morgan fingerprint density at radius 3 is 2.24 bits per heavy atom. The monoisotopic (exact) mass is 236 g/mol. The van der Waals surface area contributed by atoms with E-state index in [9.17, 15) is 0 Å². The third-order valence-electron chi connectivity index (χ3n) is 5.51. The molecule has 2 heteroatoms. The zero-order valence-electron chi connectivity index (χ0n) is 11.3. The molecular weight excluding hydrogens is 208 g/mol. The van der Waals surface area contributed by atoms with E-state index >= 15 is 0 Å². The molecule has 3 fully saturated rings. The van der Waals surface area contributed by atoms with Crippen molar-refractivity contribution >= 4 is 0 Å². The van der Waals surface area contributed by atoms with Gasteiger partial charge in [-0.05, 0) is 58.0 Å². The molecule has 0 aromatic carbocycles. The van der Waals surface area contributed by atoms with Crippen LogP contribution < -0.4 is 5.32 Å². The van der Waals surface area contributed by atoms with Gasteiger partial charge in [0.1, 0.15) is 0 Å². The summed E-state index contributed by atoms with van der Waals surface area (Å²) < 4.78 is 0. The zero-order chi connectivity index (χ0) is 11.7. The highest BCUT2D eigenvalue weighted by Crippen LogP contribution is 2.33. The van der Waals surface area contributed by atoms with E-state index in [0.717, 1.165) is 24.0 Å². The second-order valence-corrected chi connectivity index (χ2v) is 6.63. The van der Waals surface area contributed by atoms with Crippen molar-refractivity contribution < 1.29 is 0 Å². The topological polar surface area (TPSA) is 15.3 Å². The van der Waals surface area contributed by atoms with Crippen molar-refractivity contribution in [3.05, 3.63) is 0 Å². The lowest BCUT2D eigenvalue weighted by molar-refractivity contribution is 0.0478. The highest BCUT2D eigenvalue weighted by molar-refractivity contribution is 4.93. The zero-order valence-corrected chi connectivity index (χ0v) is 11.3. The number of fused-ring (bicyclic) bond motifs is 2. The van der Waals surface area contributed by atoms with Crippen LogP contribution in [0, 0.1) is 5.92 Å². The van der Waals surface area contributed by atoms with Crippen LogP contribution in [0.3, 0.4) is 0 Å². The summed E-state index contributed by atoms with van der Waals surface area (Å²) in [5.41, 5.74) is 0. The summed E-state index contributed by atoms with van der Waals surface area (Å²) in [4.78, 5) is 2.66. The van der Waals surface area contributed by atoms with E-state index in [1.54, 1.807) is 0 Å². The molecule has 2 atom stereocenters. The molecule has 3 aliphatic rings. The fraction of sp³-hybridized carbons (Fsp3) is 1.00. The quantitative estimate of drug-likeness (QED) is 0.810. The van der Waals surface area contributed by atoms with Crippen molar-refractivity contribution in [1.82, 2.24) is 10.2 Å². The average molecular weight is 236 g/mol. The van der Waals surface area contributed by atoms with E-state index in [1.165, 1.54) is 64.3 Å². The van der Waals surface area contributed by atoms with Gasteiger partial charge in [0.25, 0.3) is 0 Å². The number of piperidine rings is 2. The molecule has 2 bridgehead atoms. The summed E-state index contributed by atoms with van der Waals surface area (Å²) in [5.74, 6) is 0.995. The summed E-state index contributed by atoms with van der Waals surface area (Å²) in [6.07, 6.45) is 13.1. The van der Waals surface area contributed by atoms with Crippen LogP contribution in [0.25, 0.3) is 0 Å². The minimum absolute atomic E-state index is 0.821. The molecule has 2 saturated heterocycles. The molecule has 0 spiro atoms. The van der Waals surface area contributed by atoms with Gasteiger partial charge in [-0.2, -0.15) is 0 Å². The summed E-state index contributed by atoms with van der Waals surface area (Å²) in [6.45, 7) is 1.30. The summed E-state index contributed by atoms with van der Waals surface area (Å²) in [5, 5.41) is 3.89. The number of nitrogens with one attached hydrogen (secondary N) is 1. The molecule has 2 heterocycles. The normalized spacial score (nSPS) is 39.7. The Morgan fingerprint density at radius 2 is 1.59 bits per heavy atom. The first kappa shape index (κ1) is 12.0. The van der Waals surface area contributed by atoms with Gasteiger partial charge in [-0.25, -0.2) is 0 Å². The van der Waals surface area contributed by atoms with Crippen LogP contribution in [0.15, 0.2) is 0 Å². The number of rotatable bonds is 3. The Morgan fingerprint density at radius 1 is 0.941 bits per heavy atom. The largest absolute Gasteiger partial charge is 0.314 e. The van der Waals surface area contributed by atoms with Gasteiger partial charge in [-0.3, -0.25) is 0 Å². The van der Waals surface area contributed by atoms with Crippen LogP contribution >= 0.6 is 0 Å². The maximum atomic E-state index is 3.89. The SMILES string of the molecule is CN1C2CCCC1CC(NCC1CCCC1)C2. The lowest BCUT2D eigenvalue weighted by atomic mass is 9.82. The molecule has 17 heavy (non-hydrogen) atoms. The smallest absolute Gasteiger partial charge is 0.0110 e. The second kappa shape index (κ2) is 5.27. The minimum Gasteiger partial charge on any atom is -0.314 e. The number of hydrogen-bond donors (Lipinski definition) is 1. The molecule has 98 valence electrons. The van der Waals surface area contributed by atoms with Crippen LogP contribution in [0.1, 0.15) is 57.8 Å². The molecule has 1 saturated carbocycles. The van der Waals surface area contributed by atoms with Gasteiger partial charge in [-0.15, -0.1) is 0 Å². The van der Waals surface area contributed by atoms with Gasteiger partial charge < -0.3 is 10.2 Å². The molecule has 2 aliphatic heterocycles. The van der Waals surface area contributed by atoms with E-state index < -0.39 is 0 Å². The Labute approximate surface area is 106 Å². The average Bonchev–Trinajstić information content (AvgIpc) is 2.79. The van der Waals surface area contributed by atoms with Crippen LogP contribution in [-0.4, -0.2) is 36.6 Å². The number of nitrogens with zero attached hydrogens (tertiary/aromatic N) is 1. The van der Waals surface area contributed by atoms with Gasteiger partial charge in [0.05, 0.1) is 0 Å². The lowest BCUT2D eigenvalue weighted by Crippen LogP contribution is -2.54. The Balaban J connectivity index is 1.48. The predicted molar refractivity (Wildman–Crippen MR) is 72.2 cm³/mol. The number of hydrogen-bond acceptors (Lipinski definition) is 2. The maximum Gasteiger partial charge on any atom is 0.0110 e. The summed E-state index contributed by atoms with van der Waals surface area (Å²) in [7, 11) is 2.35. The second-order valence-electron chi connectivity index (χ2n) is 6.63. The van der Waals surface area contributed by atoms with Crippen molar-refractivity contribution in [3.63, 3.8) is 0 Å². The van der Waals surface area contributed by atoms with E-state index in [4.69, 9.17) is 0 Å². The highest BCUT2D eigenvalue weighted by Gasteiger charge is 2.35. The van der Waals surface area contributed by atoms with Gasteiger partial charge in [0, 0.05) is 18.1 Å². The lowest BCUT2D eigenvalue weighted by Gasteiger charge is -2.47. The molecule has 0 amide bonds. The van der Waals surface area contributed by atoms with E-state index in [0.29, 0.717) is 0 Å². The Bertz CT molecular complexity index is 233.